The standard InChI is InChI=1S/C12H23N3O2/c1-8(2)14-12(17)13-6-10-5-11(16)15(7-10)9(3)4/h8-10H,5-7H2,1-4H3,(H2,13,14,17). The lowest BCUT2D eigenvalue weighted by Gasteiger charge is -2.21. The van der Waals surface area contributed by atoms with Crippen LogP contribution < -0.4 is 10.6 Å². The van der Waals surface area contributed by atoms with E-state index in [4.69, 9.17) is 0 Å². The lowest BCUT2D eigenvalue weighted by Crippen LogP contribution is -2.42. The van der Waals surface area contributed by atoms with E-state index in [1.807, 2.05) is 32.6 Å². The summed E-state index contributed by atoms with van der Waals surface area (Å²) in [7, 11) is 0. The van der Waals surface area contributed by atoms with E-state index in [-0.39, 0.29) is 29.9 Å². The van der Waals surface area contributed by atoms with Gasteiger partial charge < -0.3 is 15.5 Å². The lowest BCUT2D eigenvalue weighted by molar-refractivity contribution is -0.129. The quantitative estimate of drug-likeness (QED) is 0.770. The normalized spacial score (nSPS) is 20.2. The third-order valence-electron chi connectivity index (χ3n) is 2.83. The molecule has 0 aromatic carbocycles. The molecule has 1 atom stereocenters. The van der Waals surface area contributed by atoms with Gasteiger partial charge in [-0.1, -0.05) is 0 Å². The monoisotopic (exact) mass is 241 g/mol. The highest BCUT2D eigenvalue weighted by molar-refractivity contribution is 5.79. The first kappa shape index (κ1) is 13.8. The Kier molecular flexibility index (Phi) is 4.78. The minimum Gasteiger partial charge on any atom is -0.340 e. The lowest BCUT2D eigenvalue weighted by atomic mass is 10.1. The van der Waals surface area contributed by atoms with E-state index in [9.17, 15) is 9.59 Å². The average Bonchev–Trinajstić information content (AvgIpc) is 2.56. The van der Waals surface area contributed by atoms with E-state index in [2.05, 4.69) is 10.6 Å². The molecule has 17 heavy (non-hydrogen) atoms. The van der Waals surface area contributed by atoms with Gasteiger partial charge in [-0.3, -0.25) is 4.79 Å². The molecule has 1 aliphatic rings. The highest BCUT2D eigenvalue weighted by atomic mass is 16.2. The van der Waals surface area contributed by atoms with Gasteiger partial charge in [0.2, 0.25) is 5.91 Å². The number of hydrogen-bond acceptors (Lipinski definition) is 2. The molecule has 0 spiro atoms. The van der Waals surface area contributed by atoms with Crippen molar-refractivity contribution in [2.24, 2.45) is 5.92 Å². The maximum Gasteiger partial charge on any atom is 0.314 e. The highest BCUT2D eigenvalue weighted by Gasteiger charge is 2.30. The van der Waals surface area contributed by atoms with E-state index in [1.165, 1.54) is 0 Å². The first-order valence-corrected chi connectivity index (χ1v) is 6.24. The fraction of sp³-hybridized carbons (Fsp3) is 0.833. The van der Waals surface area contributed by atoms with Crippen molar-refractivity contribution in [3.8, 4) is 0 Å². The van der Waals surface area contributed by atoms with E-state index in [0.29, 0.717) is 13.0 Å². The van der Waals surface area contributed by atoms with E-state index in [0.717, 1.165) is 6.54 Å². The zero-order valence-corrected chi connectivity index (χ0v) is 11.1. The minimum absolute atomic E-state index is 0.132. The predicted octanol–water partition coefficient (Wildman–Crippen LogP) is 0.951. The highest BCUT2D eigenvalue weighted by Crippen LogP contribution is 2.19. The average molecular weight is 241 g/mol. The van der Waals surface area contributed by atoms with Gasteiger partial charge in [0.1, 0.15) is 0 Å². The summed E-state index contributed by atoms with van der Waals surface area (Å²) in [5.74, 6) is 0.430. The topological polar surface area (TPSA) is 61.4 Å². The van der Waals surface area contributed by atoms with Crippen LogP contribution in [0.5, 0.6) is 0 Å². The molecule has 1 fully saturated rings. The van der Waals surface area contributed by atoms with Crippen LogP contribution in [-0.2, 0) is 4.79 Å². The van der Waals surface area contributed by atoms with Gasteiger partial charge in [0.25, 0.3) is 0 Å². The summed E-state index contributed by atoms with van der Waals surface area (Å²) in [6.07, 6.45) is 0.542. The third kappa shape index (κ3) is 4.24. The molecule has 0 radical (unpaired) electrons. The largest absolute Gasteiger partial charge is 0.340 e. The fourth-order valence-corrected chi connectivity index (χ4v) is 1.99. The van der Waals surface area contributed by atoms with Gasteiger partial charge in [-0.25, -0.2) is 4.79 Å². The molecule has 3 amide bonds. The van der Waals surface area contributed by atoms with Crippen LogP contribution in [0.3, 0.4) is 0 Å². The molecule has 1 saturated heterocycles. The van der Waals surface area contributed by atoms with Crippen LogP contribution >= 0.6 is 0 Å². The van der Waals surface area contributed by atoms with Crippen LogP contribution in [-0.4, -0.2) is 42.0 Å². The number of carbonyl (C=O) groups excluding carboxylic acids is 2. The fourth-order valence-electron chi connectivity index (χ4n) is 1.99. The summed E-state index contributed by atoms with van der Waals surface area (Å²) in [5, 5.41) is 5.57. The molecule has 5 heteroatoms. The van der Waals surface area contributed by atoms with Crippen LogP contribution in [0.15, 0.2) is 0 Å². The van der Waals surface area contributed by atoms with Crippen molar-refractivity contribution in [3.63, 3.8) is 0 Å². The van der Waals surface area contributed by atoms with Crippen molar-refractivity contribution in [3.05, 3.63) is 0 Å². The van der Waals surface area contributed by atoms with Gasteiger partial charge >= 0.3 is 6.03 Å². The first-order valence-electron chi connectivity index (χ1n) is 6.24. The summed E-state index contributed by atoms with van der Waals surface area (Å²) in [6, 6.07) is 0.222. The zero-order chi connectivity index (χ0) is 13.0. The van der Waals surface area contributed by atoms with Crippen molar-refractivity contribution in [1.29, 1.82) is 0 Å². The van der Waals surface area contributed by atoms with Gasteiger partial charge in [-0.2, -0.15) is 0 Å². The maximum absolute atomic E-state index is 11.6. The Morgan fingerprint density at radius 3 is 2.53 bits per heavy atom. The molecule has 0 aromatic heterocycles. The summed E-state index contributed by atoms with van der Waals surface area (Å²) >= 11 is 0. The Balaban J connectivity index is 2.30. The molecular formula is C12H23N3O2. The Hall–Kier alpha value is -1.26. The number of likely N-dealkylation sites (tertiary alicyclic amines) is 1. The summed E-state index contributed by atoms with van der Waals surface area (Å²) in [6.45, 7) is 9.17. The number of urea groups is 1. The Labute approximate surface area is 103 Å². The second kappa shape index (κ2) is 5.89. The van der Waals surface area contributed by atoms with Crippen molar-refractivity contribution >= 4 is 11.9 Å². The molecule has 98 valence electrons. The van der Waals surface area contributed by atoms with Gasteiger partial charge in [0.05, 0.1) is 0 Å². The first-order chi connectivity index (χ1) is 7.90. The van der Waals surface area contributed by atoms with Crippen molar-refractivity contribution < 1.29 is 9.59 Å². The predicted molar refractivity (Wildman–Crippen MR) is 66.6 cm³/mol. The number of hydrogen-bond donors (Lipinski definition) is 2. The molecule has 2 N–H and O–H groups in total. The van der Waals surface area contributed by atoms with Crippen LogP contribution in [0.4, 0.5) is 4.79 Å². The van der Waals surface area contributed by atoms with Crippen molar-refractivity contribution in [2.45, 2.75) is 46.2 Å². The molecule has 0 aromatic rings. The molecule has 0 saturated carbocycles. The molecular weight excluding hydrogens is 218 g/mol. The van der Waals surface area contributed by atoms with Crippen molar-refractivity contribution in [2.75, 3.05) is 13.1 Å². The summed E-state index contributed by atoms with van der Waals surface area (Å²) < 4.78 is 0. The van der Waals surface area contributed by atoms with Crippen molar-refractivity contribution in [1.82, 2.24) is 15.5 Å². The van der Waals surface area contributed by atoms with Gasteiger partial charge in [0.15, 0.2) is 0 Å². The number of nitrogens with one attached hydrogen (secondary N) is 2. The molecule has 1 aliphatic heterocycles. The van der Waals surface area contributed by atoms with Gasteiger partial charge in [-0.15, -0.1) is 0 Å². The minimum atomic E-state index is -0.157. The Morgan fingerprint density at radius 1 is 1.41 bits per heavy atom. The molecule has 1 unspecified atom stereocenters. The third-order valence-corrected chi connectivity index (χ3v) is 2.83. The summed E-state index contributed by atoms with van der Waals surface area (Å²) in [4.78, 5) is 24.9. The Morgan fingerprint density at radius 2 is 2.06 bits per heavy atom. The van der Waals surface area contributed by atoms with Crippen LogP contribution in [0.2, 0.25) is 0 Å². The van der Waals surface area contributed by atoms with Gasteiger partial charge in [-0.05, 0) is 27.7 Å². The van der Waals surface area contributed by atoms with Crippen LogP contribution in [0.1, 0.15) is 34.1 Å². The van der Waals surface area contributed by atoms with E-state index >= 15 is 0 Å². The number of rotatable bonds is 4. The van der Waals surface area contributed by atoms with Crippen LogP contribution in [0, 0.1) is 5.92 Å². The molecule has 5 nitrogen and oxygen atoms in total. The van der Waals surface area contributed by atoms with E-state index in [1.54, 1.807) is 0 Å². The molecule has 1 heterocycles. The second-order valence-electron chi connectivity index (χ2n) is 5.22. The maximum atomic E-state index is 11.6. The molecule has 1 rings (SSSR count). The smallest absolute Gasteiger partial charge is 0.314 e. The Bertz CT molecular complexity index is 289. The molecule has 0 aliphatic carbocycles. The number of carbonyl (C=O) groups is 2. The second-order valence-corrected chi connectivity index (χ2v) is 5.22. The SMILES string of the molecule is CC(C)NC(=O)NCC1CC(=O)N(C(C)C)C1. The molecule has 0 bridgehead atoms. The number of nitrogens with zero attached hydrogens (tertiary/aromatic N) is 1. The number of amides is 3. The van der Waals surface area contributed by atoms with Crippen LogP contribution in [0.25, 0.3) is 0 Å². The van der Waals surface area contributed by atoms with E-state index < -0.39 is 0 Å². The van der Waals surface area contributed by atoms with Gasteiger partial charge in [0, 0.05) is 37.5 Å². The zero-order valence-electron chi connectivity index (χ0n) is 11.1. The summed E-state index contributed by atoms with van der Waals surface area (Å²) in [5.41, 5.74) is 0.